The van der Waals surface area contributed by atoms with E-state index >= 15 is 0 Å². The lowest BCUT2D eigenvalue weighted by molar-refractivity contribution is -0.143. The molecule has 0 atom stereocenters. The van der Waals surface area contributed by atoms with Crippen molar-refractivity contribution in [2.45, 2.75) is 17.2 Å². The molecule has 0 aromatic heterocycles. The van der Waals surface area contributed by atoms with Gasteiger partial charge in [0.2, 0.25) is 0 Å². The van der Waals surface area contributed by atoms with Gasteiger partial charge in [-0.2, -0.15) is 26.3 Å². The number of hydrogen-bond donors (Lipinski definition) is 2. The molecule has 146 valence electrons. The van der Waals surface area contributed by atoms with Crippen LogP contribution in [-0.2, 0) is 22.4 Å². The molecule has 2 N–H and O–H groups in total. The molecule has 0 aliphatic carbocycles. The van der Waals surface area contributed by atoms with Gasteiger partial charge in [-0.1, -0.05) is 6.07 Å². The third-order valence-electron chi connectivity index (χ3n) is 3.23. The van der Waals surface area contributed by atoms with Crippen LogP contribution < -0.4 is 4.72 Å². The molecular formula is C15H9F6NO4S. The standard InChI is InChI=1S/C15H9F6NO4S/c16-14(17,18)9-5-10(15(19,20)21)7-12(6-9)27(25,26)22-11-3-1-2-8(4-11)13(23)24/h1-7,22H,(H,23,24). The molecule has 5 nitrogen and oxygen atoms in total. The van der Waals surface area contributed by atoms with Crippen LogP contribution in [0.15, 0.2) is 47.4 Å². The second kappa shape index (κ2) is 6.76. The summed E-state index contributed by atoms with van der Waals surface area (Å²) in [5.41, 5.74) is -4.27. The SMILES string of the molecule is O=C(O)c1cccc(NS(=O)(=O)c2cc(C(F)(F)F)cc(C(F)(F)F)c2)c1. The van der Waals surface area contributed by atoms with Crippen molar-refractivity contribution < 1.29 is 44.7 Å². The summed E-state index contributed by atoms with van der Waals surface area (Å²) in [5.74, 6) is -1.41. The number of alkyl halides is 6. The van der Waals surface area contributed by atoms with Crippen LogP contribution in [0.5, 0.6) is 0 Å². The van der Waals surface area contributed by atoms with Crippen LogP contribution >= 0.6 is 0 Å². The molecule has 0 radical (unpaired) electrons. The lowest BCUT2D eigenvalue weighted by Gasteiger charge is -2.15. The lowest BCUT2D eigenvalue weighted by atomic mass is 10.1. The van der Waals surface area contributed by atoms with Gasteiger partial charge in [0.1, 0.15) is 0 Å². The molecule has 0 saturated heterocycles. The van der Waals surface area contributed by atoms with Crippen LogP contribution in [0.2, 0.25) is 0 Å². The van der Waals surface area contributed by atoms with Gasteiger partial charge in [0, 0.05) is 5.69 Å². The first-order valence-corrected chi connectivity index (χ1v) is 8.34. The number of carboxylic acid groups (broad SMARTS) is 1. The van der Waals surface area contributed by atoms with E-state index in [1.807, 2.05) is 0 Å². The Bertz CT molecular complexity index is 950. The summed E-state index contributed by atoms with van der Waals surface area (Å²) in [6.45, 7) is 0. The van der Waals surface area contributed by atoms with Gasteiger partial charge in [-0.15, -0.1) is 0 Å². The van der Waals surface area contributed by atoms with E-state index in [-0.39, 0.29) is 29.4 Å². The average Bonchev–Trinajstić information content (AvgIpc) is 2.52. The first kappa shape index (κ1) is 20.6. The fourth-order valence-corrected chi connectivity index (χ4v) is 3.13. The average molecular weight is 413 g/mol. The van der Waals surface area contributed by atoms with Crippen molar-refractivity contribution in [2.24, 2.45) is 0 Å². The minimum atomic E-state index is -5.21. The van der Waals surface area contributed by atoms with Crippen LogP contribution in [0, 0.1) is 0 Å². The van der Waals surface area contributed by atoms with Crippen molar-refractivity contribution in [3.63, 3.8) is 0 Å². The molecule has 2 aromatic rings. The smallest absolute Gasteiger partial charge is 0.416 e. The molecule has 27 heavy (non-hydrogen) atoms. The van der Waals surface area contributed by atoms with Crippen LogP contribution in [0.25, 0.3) is 0 Å². The largest absolute Gasteiger partial charge is 0.478 e. The normalized spacial score (nSPS) is 12.7. The van der Waals surface area contributed by atoms with Crippen molar-refractivity contribution in [1.29, 1.82) is 0 Å². The number of carboxylic acids is 1. The fourth-order valence-electron chi connectivity index (χ4n) is 2.01. The van der Waals surface area contributed by atoms with Crippen molar-refractivity contribution in [2.75, 3.05) is 4.72 Å². The molecule has 0 spiro atoms. The highest BCUT2D eigenvalue weighted by Crippen LogP contribution is 2.37. The van der Waals surface area contributed by atoms with Crippen molar-refractivity contribution >= 4 is 21.7 Å². The first-order valence-electron chi connectivity index (χ1n) is 6.86. The molecule has 0 aliphatic heterocycles. The zero-order valence-electron chi connectivity index (χ0n) is 12.9. The van der Waals surface area contributed by atoms with Gasteiger partial charge in [-0.3, -0.25) is 4.72 Å². The Labute approximate surface area is 148 Å². The second-order valence-electron chi connectivity index (χ2n) is 5.23. The minimum Gasteiger partial charge on any atom is -0.478 e. The number of sulfonamides is 1. The molecular weight excluding hydrogens is 404 g/mol. The summed E-state index contributed by atoms with van der Waals surface area (Å²) in [6, 6.07) is 4.11. The molecule has 0 heterocycles. The van der Waals surface area contributed by atoms with Crippen molar-refractivity contribution in [3.8, 4) is 0 Å². The highest BCUT2D eigenvalue weighted by molar-refractivity contribution is 7.92. The summed E-state index contributed by atoms with van der Waals surface area (Å²) in [4.78, 5) is 9.60. The highest BCUT2D eigenvalue weighted by Gasteiger charge is 2.38. The Morgan fingerprint density at radius 2 is 1.41 bits per heavy atom. The van der Waals surface area contributed by atoms with Gasteiger partial charge in [0.05, 0.1) is 21.6 Å². The van der Waals surface area contributed by atoms with E-state index in [4.69, 9.17) is 5.11 Å². The minimum absolute atomic E-state index is 0.0542. The van der Waals surface area contributed by atoms with Gasteiger partial charge in [0.25, 0.3) is 10.0 Å². The summed E-state index contributed by atoms with van der Waals surface area (Å²) in [5, 5.41) is 8.85. The third kappa shape index (κ3) is 4.90. The molecule has 0 unspecified atom stereocenters. The number of rotatable bonds is 4. The number of nitrogens with one attached hydrogen (secondary N) is 1. The Morgan fingerprint density at radius 3 is 1.85 bits per heavy atom. The summed E-state index contributed by atoms with van der Waals surface area (Å²) >= 11 is 0. The molecule has 2 aromatic carbocycles. The molecule has 0 fully saturated rings. The monoisotopic (exact) mass is 413 g/mol. The van der Waals surface area contributed by atoms with E-state index in [1.54, 1.807) is 4.72 Å². The van der Waals surface area contributed by atoms with Crippen LogP contribution in [0.3, 0.4) is 0 Å². The first-order chi connectivity index (χ1) is 12.2. The van der Waals surface area contributed by atoms with E-state index < -0.39 is 44.4 Å². The Hall–Kier alpha value is -2.76. The Morgan fingerprint density at radius 1 is 0.889 bits per heavy atom. The molecule has 0 saturated carbocycles. The summed E-state index contributed by atoms with van der Waals surface area (Å²) in [7, 11) is -4.86. The van der Waals surface area contributed by atoms with Gasteiger partial charge in [-0.05, 0) is 36.4 Å². The number of carbonyl (C=O) groups is 1. The third-order valence-corrected chi connectivity index (χ3v) is 4.59. The summed E-state index contributed by atoms with van der Waals surface area (Å²) < 4.78 is 103. The maximum Gasteiger partial charge on any atom is 0.416 e. The van der Waals surface area contributed by atoms with Gasteiger partial charge >= 0.3 is 18.3 Å². The van der Waals surface area contributed by atoms with E-state index in [0.29, 0.717) is 0 Å². The molecule has 2 rings (SSSR count). The number of halogens is 6. The maximum absolute atomic E-state index is 12.8. The van der Waals surface area contributed by atoms with Gasteiger partial charge < -0.3 is 5.11 Å². The zero-order chi connectivity index (χ0) is 20.6. The fraction of sp³-hybridized carbons (Fsp3) is 0.133. The topological polar surface area (TPSA) is 83.5 Å². The summed E-state index contributed by atoms with van der Waals surface area (Å²) in [6.07, 6.45) is -10.4. The maximum atomic E-state index is 12.8. The predicted molar refractivity (Wildman–Crippen MR) is 80.7 cm³/mol. The molecule has 0 amide bonds. The van der Waals surface area contributed by atoms with Crippen molar-refractivity contribution in [3.05, 3.63) is 59.2 Å². The van der Waals surface area contributed by atoms with Gasteiger partial charge in [-0.25, -0.2) is 13.2 Å². The number of benzene rings is 2. The van der Waals surface area contributed by atoms with E-state index in [2.05, 4.69) is 0 Å². The number of anilines is 1. The Kier molecular flexibility index (Phi) is 5.14. The molecule has 12 heteroatoms. The van der Waals surface area contributed by atoms with Gasteiger partial charge in [0.15, 0.2) is 0 Å². The predicted octanol–water partition coefficient (Wildman–Crippen LogP) is 4.22. The Balaban J connectivity index is 2.55. The van der Waals surface area contributed by atoms with E-state index in [0.717, 1.165) is 24.3 Å². The molecule has 0 bridgehead atoms. The second-order valence-corrected chi connectivity index (χ2v) is 6.92. The van der Waals surface area contributed by atoms with Crippen LogP contribution in [0.1, 0.15) is 21.5 Å². The van der Waals surface area contributed by atoms with Crippen molar-refractivity contribution in [1.82, 2.24) is 0 Å². The quantitative estimate of drug-likeness (QED) is 0.736. The van der Waals surface area contributed by atoms with Crippen LogP contribution in [-0.4, -0.2) is 19.5 Å². The number of aromatic carboxylic acids is 1. The zero-order valence-corrected chi connectivity index (χ0v) is 13.7. The lowest BCUT2D eigenvalue weighted by Crippen LogP contribution is -2.17. The molecule has 0 aliphatic rings. The van der Waals surface area contributed by atoms with E-state index in [1.165, 1.54) is 0 Å². The van der Waals surface area contributed by atoms with E-state index in [9.17, 15) is 39.6 Å². The van der Waals surface area contributed by atoms with Crippen LogP contribution in [0.4, 0.5) is 32.0 Å². The highest BCUT2D eigenvalue weighted by atomic mass is 32.2. The number of hydrogen-bond acceptors (Lipinski definition) is 3.